The van der Waals surface area contributed by atoms with Crippen LogP contribution in [0.3, 0.4) is 0 Å². The Morgan fingerprint density at radius 1 is 1.43 bits per heavy atom. The van der Waals surface area contributed by atoms with Gasteiger partial charge in [0, 0.05) is 17.5 Å². The second kappa shape index (κ2) is 4.30. The Balaban J connectivity index is 2.46. The third-order valence-electron chi connectivity index (χ3n) is 2.76. The normalized spacial score (nSPS) is 28.6. The first-order valence-corrected chi connectivity index (χ1v) is 5.45. The van der Waals surface area contributed by atoms with E-state index in [1.807, 2.05) is 20.8 Å². The molecule has 1 aliphatic heterocycles. The average Bonchev–Trinajstić information content (AvgIpc) is 2.07. The van der Waals surface area contributed by atoms with Crippen LogP contribution in [0.15, 0.2) is 0 Å². The van der Waals surface area contributed by atoms with Crippen LogP contribution in [0.4, 0.5) is 0 Å². The highest BCUT2D eigenvalue weighted by Gasteiger charge is 2.27. The topological polar surface area (TPSA) is 41.1 Å². The van der Waals surface area contributed by atoms with Crippen molar-refractivity contribution in [3.05, 3.63) is 0 Å². The molecule has 2 N–H and O–H groups in total. The molecule has 1 heterocycles. The van der Waals surface area contributed by atoms with Crippen molar-refractivity contribution in [3.8, 4) is 0 Å². The predicted molar refractivity (Wildman–Crippen MR) is 58.1 cm³/mol. The van der Waals surface area contributed by atoms with Crippen molar-refractivity contribution >= 4 is 5.91 Å². The minimum Gasteiger partial charge on any atom is -0.351 e. The molecular formula is C11H22N2O. The molecule has 82 valence electrons. The highest BCUT2D eigenvalue weighted by Crippen LogP contribution is 2.15. The van der Waals surface area contributed by atoms with Gasteiger partial charge in [0.15, 0.2) is 0 Å². The number of carbonyl (C=O) groups is 1. The van der Waals surface area contributed by atoms with Crippen LogP contribution in [0.25, 0.3) is 0 Å². The molecule has 0 saturated carbocycles. The van der Waals surface area contributed by atoms with Gasteiger partial charge in [-0.3, -0.25) is 4.79 Å². The molecule has 0 radical (unpaired) electrons. The van der Waals surface area contributed by atoms with Gasteiger partial charge < -0.3 is 10.6 Å². The zero-order valence-electron chi connectivity index (χ0n) is 9.68. The molecule has 0 aliphatic carbocycles. The first-order valence-electron chi connectivity index (χ1n) is 5.45. The van der Waals surface area contributed by atoms with E-state index in [2.05, 4.69) is 17.6 Å². The van der Waals surface area contributed by atoms with Gasteiger partial charge in [0.25, 0.3) is 0 Å². The summed E-state index contributed by atoms with van der Waals surface area (Å²) in [5.41, 5.74) is -0.281. The van der Waals surface area contributed by atoms with Gasteiger partial charge in [-0.2, -0.15) is 0 Å². The van der Waals surface area contributed by atoms with E-state index in [1.165, 1.54) is 0 Å². The minimum atomic E-state index is -0.281. The molecule has 2 unspecified atom stereocenters. The van der Waals surface area contributed by atoms with Crippen molar-refractivity contribution < 1.29 is 4.79 Å². The van der Waals surface area contributed by atoms with E-state index in [9.17, 15) is 4.79 Å². The molecule has 1 aliphatic rings. The molecule has 1 rings (SSSR count). The molecule has 0 bridgehead atoms. The van der Waals surface area contributed by atoms with Crippen LogP contribution in [0.1, 0.15) is 40.5 Å². The molecule has 0 spiro atoms. The van der Waals surface area contributed by atoms with Gasteiger partial charge in [-0.15, -0.1) is 0 Å². The zero-order chi connectivity index (χ0) is 10.8. The van der Waals surface area contributed by atoms with Crippen LogP contribution < -0.4 is 10.6 Å². The van der Waals surface area contributed by atoms with E-state index in [-0.39, 0.29) is 11.3 Å². The Labute approximate surface area is 86.6 Å². The van der Waals surface area contributed by atoms with Crippen molar-refractivity contribution in [2.24, 2.45) is 5.41 Å². The second-order valence-electron chi connectivity index (χ2n) is 5.21. The Bertz CT molecular complexity index is 208. The lowest BCUT2D eigenvalue weighted by Gasteiger charge is -2.32. The van der Waals surface area contributed by atoms with Gasteiger partial charge in [0.2, 0.25) is 5.91 Å². The fourth-order valence-corrected chi connectivity index (χ4v) is 1.63. The molecule has 3 nitrogen and oxygen atoms in total. The lowest BCUT2D eigenvalue weighted by molar-refractivity contribution is -0.129. The van der Waals surface area contributed by atoms with Crippen LogP contribution in [0, 0.1) is 5.41 Å². The molecule has 3 heteroatoms. The molecule has 2 atom stereocenters. The third kappa shape index (κ3) is 2.98. The SMILES string of the molecule is CC1NCCCC1NC(=O)C(C)(C)C. The molecule has 1 amide bonds. The predicted octanol–water partition coefficient (Wildman–Crippen LogP) is 1.29. The van der Waals surface area contributed by atoms with E-state index < -0.39 is 0 Å². The van der Waals surface area contributed by atoms with Crippen LogP contribution in [-0.4, -0.2) is 24.5 Å². The van der Waals surface area contributed by atoms with Crippen molar-refractivity contribution in [2.45, 2.75) is 52.6 Å². The summed E-state index contributed by atoms with van der Waals surface area (Å²) >= 11 is 0. The standard InChI is InChI=1S/C11H22N2O/c1-8-9(6-5-7-12-8)13-10(14)11(2,3)4/h8-9,12H,5-7H2,1-4H3,(H,13,14). The lowest BCUT2D eigenvalue weighted by Crippen LogP contribution is -2.54. The van der Waals surface area contributed by atoms with Crippen molar-refractivity contribution in [2.75, 3.05) is 6.54 Å². The molecule has 0 aromatic rings. The number of carbonyl (C=O) groups excluding carboxylic acids is 1. The minimum absolute atomic E-state index is 0.151. The largest absolute Gasteiger partial charge is 0.351 e. The summed E-state index contributed by atoms with van der Waals surface area (Å²) in [6, 6.07) is 0.700. The van der Waals surface area contributed by atoms with E-state index in [0.717, 1.165) is 19.4 Å². The van der Waals surface area contributed by atoms with Crippen LogP contribution in [0.5, 0.6) is 0 Å². The van der Waals surface area contributed by atoms with Crippen LogP contribution in [0.2, 0.25) is 0 Å². The summed E-state index contributed by atoms with van der Waals surface area (Å²) in [6.45, 7) is 9.05. The van der Waals surface area contributed by atoms with Gasteiger partial charge in [-0.05, 0) is 26.3 Å². The van der Waals surface area contributed by atoms with Gasteiger partial charge in [0.05, 0.1) is 0 Å². The quantitative estimate of drug-likeness (QED) is 0.666. The van der Waals surface area contributed by atoms with Gasteiger partial charge in [0.1, 0.15) is 0 Å². The number of hydrogen-bond acceptors (Lipinski definition) is 2. The molecule has 14 heavy (non-hydrogen) atoms. The van der Waals surface area contributed by atoms with Crippen LogP contribution in [-0.2, 0) is 4.79 Å². The maximum Gasteiger partial charge on any atom is 0.225 e. The lowest BCUT2D eigenvalue weighted by atomic mass is 9.93. The van der Waals surface area contributed by atoms with E-state index in [0.29, 0.717) is 12.1 Å². The summed E-state index contributed by atoms with van der Waals surface area (Å²) in [6.07, 6.45) is 2.25. The monoisotopic (exact) mass is 198 g/mol. The van der Waals surface area contributed by atoms with Crippen molar-refractivity contribution in [3.63, 3.8) is 0 Å². The number of amides is 1. The van der Waals surface area contributed by atoms with Gasteiger partial charge in [-0.25, -0.2) is 0 Å². The van der Waals surface area contributed by atoms with Crippen molar-refractivity contribution in [1.82, 2.24) is 10.6 Å². The molecule has 0 aromatic carbocycles. The molecule has 0 aromatic heterocycles. The van der Waals surface area contributed by atoms with Gasteiger partial charge in [-0.1, -0.05) is 20.8 Å². The summed E-state index contributed by atoms with van der Waals surface area (Å²) in [5, 5.41) is 6.48. The zero-order valence-corrected chi connectivity index (χ0v) is 9.68. The first kappa shape index (κ1) is 11.5. The summed E-state index contributed by atoms with van der Waals surface area (Å²) in [7, 11) is 0. The number of nitrogens with one attached hydrogen (secondary N) is 2. The summed E-state index contributed by atoms with van der Waals surface area (Å²) < 4.78 is 0. The average molecular weight is 198 g/mol. The number of piperidine rings is 1. The highest BCUT2D eigenvalue weighted by molar-refractivity contribution is 5.81. The Morgan fingerprint density at radius 2 is 2.07 bits per heavy atom. The van der Waals surface area contributed by atoms with E-state index in [4.69, 9.17) is 0 Å². The molecule has 1 saturated heterocycles. The maximum absolute atomic E-state index is 11.7. The van der Waals surface area contributed by atoms with Crippen molar-refractivity contribution in [1.29, 1.82) is 0 Å². The Kier molecular flexibility index (Phi) is 3.53. The Morgan fingerprint density at radius 3 is 2.57 bits per heavy atom. The third-order valence-corrected chi connectivity index (χ3v) is 2.76. The van der Waals surface area contributed by atoms with E-state index in [1.54, 1.807) is 0 Å². The molecular weight excluding hydrogens is 176 g/mol. The first-order chi connectivity index (χ1) is 6.41. The number of rotatable bonds is 1. The summed E-state index contributed by atoms with van der Waals surface area (Å²) in [5.74, 6) is 0.151. The smallest absolute Gasteiger partial charge is 0.225 e. The second-order valence-corrected chi connectivity index (χ2v) is 5.21. The maximum atomic E-state index is 11.7. The van der Waals surface area contributed by atoms with Gasteiger partial charge >= 0.3 is 0 Å². The summed E-state index contributed by atoms with van der Waals surface area (Å²) in [4.78, 5) is 11.7. The number of hydrogen-bond donors (Lipinski definition) is 2. The Hall–Kier alpha value is -0.570. The van der Waals surface area contributed by atoms with E-state index >= 15 is 0 Å². The fourth-order valence-electron chi connectivity index (χ4n) is 1.63. The van der Waals surface area contributed by atoms with Crippen LogP contribution >= 0.6 is 0 Å². The highest BCUT2D eigenvalue weighted by atomic mass is 16.2. The fraction of sp³-hybridized carbons (Fsp3) is 0.909. The molecule has 1 fully saturated rings.